The fourth-order valence-corrected chi connectivity index (χ4v) is 9.82. The molecular weight excluding hydrogens is 781 g/mol. The maximum atomic E-state index is 6.43. The first kappa shape index (κ1) is 36.1. The van der Waals surface area contributed by atoms with Gasteiger partial charge in [-0.3, -0.25) is 0 Å². The number of hydrogen-bond acceptors (Lipinski definition) is 3. The molecule has 0 aliphatic carbocycles. The summed E-state index contributed by atoms with van der Waals surface area (Å²) in [7, 11) is 0. The van der Waals surface area contributed by atoms with E-state index in [2.05, 4.69) is 216 Å². The lowest BCUT2D eigenvalue weighted by atomic mass is 9.91. The summed E-state index contributed by atoms with van der Waals surface area (Å²) in [6.45, 7) is 0. The van der Waals surface area contributed by atoms with Crippen LogP contribution in [0.3, 0.4) is 0 Å². The number of hydrogen-bond donors (Lipinski definition) is 0. The van der Waals surface area contributed by atoms with E-state index in [0.717, 1.165) is 77.8 Å². The van der Waals surface area contributed by atoms with Crippen molar-refractivity contribution in [1.82, 2.24) is 4.57 Å². The van der Waals surface area contributed by atoms with Crippen LogP contribution < -0.4 is 4.90 Å². The second kappa shape index (κ2) is 14.5. The van der Waals surface area contributed by atoms with Gasteiger partial charge in [0.05, 0.1) is 11.0 Å². The zero-order valence-corrected chi connectivity index (χ0v) is 34.7. The summed E-state index contributed by atoms with van der Waals surface area (Å²) in [6, 6.07) is 82.3. The molecule has 0 fully saturated rings. The summed E-state index contributed by atoms with van der Waals surface area (Å²) in [4.78, 5) is 2.29. The minimum absolute atomic E-state index is 0.845. The van der Waals surface area contributed by atoms with Crippen molar-refractivity contribution in [3.05, 3.63) is 231 Å². The summed E-state index contributed by atoms with van der Waals surface area (Å²) in [5.74, 6) is 0. The molecule has 300 valence electrons. The van der Waals surface area contributed by atoms with Gasteiger partial charge in [0.1, 0.15) is 22.3 Å². The lowest BCUT2D eigenvalue weighted by molar-refractivity contribution is 0.669. The Hall–Kier alpha value is -8.60. The fourth-order valence-electron chi connectivity index (χ4n) is 9.82. The van der Waals surface area contributed by atoms with Crippen LogP contribution in [0.25, 0.3) is 105 Å². The Morgan fingerprint density at radius 2 is 0.781 bits per heavy atom. The van der Waals surface area contributed by atoms with E-state index in [1.807, 2.05) is 24.3 Å². The van der Waals surface area contributed by atoms with E-state index in [-0.39, 0.29) is 0 Å². The zero-order chi connectivity index (χ0) is 42.1. The molecule has 0 saturated heterocycles. The predicted octanol–water partition coefficient (Wildman–Crippen LogP) is 17.1. The van der Waals surface area contributed by atoms with E-state index in [0.29, 0.717) is 0 Å². The molecule has 0 radical (unpaired) electrons. The van der Waals surface area contributed by atoms with Gasteiger partial charge in [0.15, 0.2) is 0 Å². The molecule has 0 aliphatic rings. The molecule has 0 spiro atoms. The predicted molar refractivity (Wildman–Crippen MR) is 266 cm³/mol. The molecule has 10 aromatic carbocycles. The third kappa shape index (κ3) is 5.84. The largest absolute Gasteiger partial charge is 0.456 e. The van der Waals surface area contributed by atoms with Gasteiger partial charge in [-0.1, -0.05) is 127 Å². The van der Waals surface area contributed by atoms with Gasteiger partial charge < -0.3 is 18.3 Å². The Morgan fingerprint density at radius 1 is 0.297 bits per heavy atom. The van der Waals surface area contributed by atoms with Gasteiger partial charge >= 0.3 is 0 Å². The summed E-state index contributed by atoms with van der Waals surface area (Å²) in [6.07, 6.45) is 0. The fraction of sp³-hybridized carbons (Fsp3) is 0. The lowest BCUT2D eigenvalue weighted by Gasteiger charge is -2.25. The first-order chi connectivity index (χ1) is 31.7. The molecule has 4 heteroatoms. The number of fused-ring (bicyclic) bond motifs is 9. The van der Waals surface area contributed by atoms with Gasteiger partial charge in [0, 0.05) is 67.2 Å². The molecule has 3 aromatic heterocycles. The zero-order valence-electron chi connectivity index (χ0n) is 34.7. The molecular formula is C60H38N2O2. The van der Waals surface area contributed by atoms with Crippen molar-refractivity contribution in [3.63, 3.8) is 0 Å². The van der Waals surface area contributed by atoms with Gasteiger partial charge in [-0.2, -0.15) is 0 Å². The molecule has 13 aromatic rings. The van der Waals surface area contributed by atoms with Gasteiger partial charge in [-0.15, -0.1) is 0 Å². The highest BCUT2D eigenvalue weighted by Crippen LogP contribution is 2.44. The highest BCUT2D eigenvalue weighted by molar-refractivity contribution is 6.16. The second-order valence-corrected chi connectivity index (χ2v) is 16.5. The van der Waals surface area contributed by atoms with Crippen LogP contribution in [0, 0.1) is 0 Å². The molecule has 0 bridgehead atoms. The Labute approximate surface area is 369 Å². The van der Waals surface area contributed by atoms with E-state index in [1.165, 1.54) is 44.1 Å². The highest BCUT2D eigenvalue weighted by Gasteiger charge is 2.20. The van der Waals surface area contributed by atoms with Crippen LogP contribution in [0.4, 0.5) is 17.1 Å². The normalized spacial score (nSPS) is 11.8. The van der Waals surface area contributed by atoms with Crippen LogP contribution in [0.5, 0.6) is 0 Å². The Kier molecular flexibility index (Phi) is 8.18. The molecule has 0 saturated carbocycles. The molecule has 0 unspecified atom stereocenters. The second-order valence-electron chi connectivity index (χ2n) is 16.5. The first-order valence-corrected chi connectivity index (χ1v) is 21.7. The van der Waals surface area contributed by atoms with Gasteiger partial charge in [-0.05, 0) is 124 Å². The summed E-state index contributed by atoms with van der Waals surface area (Å²) in [5, 5.41) is 6.88. The smallest absolute Gasteiger partial charge is 0.137 e. The molecule has 64 heavy (non-hydrogen) atoms. The molecule has 4 nitrogen and oxygen atoms in total. The maximum absolute atomic E-state index is 6.43. The number of rotatable bonds is 7. The van der Waals surface area contributed by atoms with Crippen molar-refractivity contribution in [2.24, 2.45) is 0 Å². The van der Waals surface area contributed by atoms with Crippen molar-refractivity contribution < 1.29 is 8.83 Å². The Bertz CT molecular complexity index is 3780. The Morgan fingerprint density at radius 3 is 1.42 bits per heavy atom. The maximum Gasteiger partial charge on any atom is 0.137 e. The first-order valence-electron chi connectivity index (χ1n) is 21.7. The van der Waals surface area contributed by atoms with Crippen LogP contribution in [-0.2, 0) is 0 Å². The third-order valence-electron chi connectivity index (χ3n) is 12.8. The molecule has 0 amide bonds. The van der Waals surface area contributed by atoms with Crippen molar-refractivity contribution >= 4 is 82.7 Å². The monoisotopic (exact) mass is 818 g/mol. The van der Waals surface area contributed by atoms with E-state index in [9.17, 15) is 0 Å². The number of para-hydroxylation sites is 4. The van der Waals surface area contributed by atoms with Crippen molar-refractivity contribution in [2.45, 2.75) is 0 Å². The average Bonchev–Trinajstić information content (AvgIpc) is 4.04. The van der Waals surface area contributed by atoms with Crippen LogP contribution in [0.1, 0.15) is 0 Å². The molecule has 13 rings (SSSR count). The molecule has 0 aliphatic heterocycles. The SMILES string of the molecule is c1ccc(-c2cc(-c3ccc(N(c4ccc5c(c4)oc4ccccc45)c4ccc5c(c4)oc4ccccc45)cc3)cc(-c3cccc4c3c3ccccc3n4-c3ccccc3)c2)cc1. The van der Waals surface area contributed by atoms with Crippen LogP contribution in [0.15, 0.2) is 239 Å². The van der Waals surface area contributed by atoms with Crippen LogP contribution >= 0.6 is 0 Å². The minimum Gasteiger partial charge on any atom is -0.456 e. The highest BCUT2D eigenvalue weighted by atomic mass is 16.3. The number of nitrogens with zero attached hydrogens (tertiary/aromatic N) is 2. The number of anilines is 3. The summed E-state index contributed by atoms with van der Waals surface area (Å²) >= 11 is 0. The van der Waals surface area contributed by atoms with Crippen LogP contribution in [0.2, 0.25) is 0 Å². The van der Waals surface area contributed by atoms with Crippen molar-refractivity contribution in [2.75, 3.05) is 4.90 Å². The van der Waals surface area contributed by atoms with Crippen molar-refractivity contribution in [1.29, 1.82) is 0 Å². The van der Waals surface area contributed by atoms with Gasteiger partial charge in [0.25, 0.3) is 0 Å². The number of aromatic nitrogens is 1. The molecule has 0 atom stereocenters. The molecule has 3 heterocycles. The topological polar surface area (TPSA) is 34.5 Å². The van der Waals surface area contributed by atoms with Gasteiger partial charge in [0.2, 0.25) is 0 Å². The number of benzene rings is 10. The lowest BCUT2D eigenvalue weighted by Crippen LogP contribution is -2.09. The van der Waals surface area contributed by atoms with Crippen LogP contribution in [-0.4, -0.2) is 4.57 Å². The standard InChI is InChI=1S/C60H38N2O2/c1-3-14-39(15-4-1)41-34-42(36-43(35-41)48-21-13-23-55-60(48)53-20-7-10-22-54(53)62(55)44-16-5-2-6-17-44)40-26-28-45(29-27-40)61(46-30-32-51-49-18-8-11-24-56(49)63-58(51)37-46)47-31-33-52-50-19-9-12-25-57(50)64-59(52)38-47/h1-38H. The summed E-state index contributed by atoms with van der Waals surface area (Å²) in [5.41, 5.74) is 17.0. The Balaban J connectivity index is 0.970. The molecule has 0 N–H and O–H groups in total. The minimum atomic E-state index is 0.845. The van der Waals surface area contributed by atoms with E-state index < -0.39 is 0 Å². The van der Waals surface area contributed by atoms with E-state index in [4.69, 9.17) is 8.83 Å². The average molecular weight is 819 g/mol. The van der Waals surface area contributed by atoms with Crippen molar-refractivity contribution in [3.8, 4) is 39.1 Å². The third-order valence-corrected chi connectivity index (χ3v) is 12.8. The van der Waals surface area contributed by atoms with E-state index in [1.54, 1.807) is 0 Å². The summed E-state index contributed by atoms with van der Waals surface area (Å²) < 4.78 is 15.2. The van der Waals surface area contributed by atoms with E-state index >= 15 is 0 Å². The quantitative estimate of drug-likeness (QED) is 0.161. The van der Waals surface area contributed by atoms with Gasteiger partial charge in [-0.25, -0.2) is 0 Å². The number of furan rings is 2.